The molecule has 29 heavy (non-hydrogen) atoms. The van der Waals surface area contributed by atoms with Gasteiger partial charge in [-0.1, -0.05) is 6.42 Å². The van der Waals surface area contributed by atoms with E-state index in [0.717, 1.165) is 6.42 Å². The highest BCUT2D eigenvalue weighted by molar-refractivity contribution is 5.77. The van der Waals surface area contributed by atoms with E-state index in [4.69, 9.17) is 9.47 Å². The summed E-state index contributed by atoms with van der Waals surface area (Å²) in [6.45, 7) is 10.9. The largest absolute Gasteiger partial charge is 0.460 e. The Morgan fingerprint density at radius 3 is 1.62 bits per heavy atom. The number of hydrogen-bond acceptors (Lipinski definition) is 6. The Hall–Kier alpha value is -1.14. The van der Waals surface area contributed by atoms with Crippen LogP contribution >= 0.6 is 0 Å². The van der Waals surface area contributed by atoms with E-state index in [-0.39, 0.29) is 0 Å². The third-order valence-electron chi connectivity index (χ3n) is 7.26. The highest BCUT2D eigenvalue weighted by Crippen LogP contribution is 2.68. The number of esters is 2. The van der Waals surface area contributed by atoms with Crippen molar-refractivity contribution in [3.05, 3.63) is 0 Å². The summed E-state index contributed by atoms with van der Waals surface area (Å²) in [4.78, 5) is 26.0. The normalized spacial score (nSPS) is 40.0. The smallest absolute Gasteiger partial charge is 0.312 e. The van der Waals surface area contributed by atoms with Crippen LogP contribution in [0.1, 0.15) is 92.9 Å². The van der Waals surface area contributed by atoms with Crippen LogP contribution in [-0.2, 0) is 19.1 Å². The van der Waals surface area contributed by atoms with Gasteiger partial charge in [-0.05, 0) is 86.5 Å². The van der Waals surface area contributed by atoms with Gasteiger partial charge < -0.3 is 19.7 Å². The van der Waals surface area contributed by atoms with Crippen LogP contribution in [0.4, 0.5) is 0 Å². The molecule has 3 aliphatic rings. The number of aliphatic hydroxyl groups is 2. The molecule has 0 heterocycles. The molecule has 3 fully saturated rings. The van der Waals surface area contributed by atoms with E-state index in [9.17, 15) is 19.8 Å². The lowest BCUT2D eigenvalue weighted by molar-refractivity contribution is -0.262. The Morgan fingerprint density at radius 2 is 1.17 bits per heavy atom. The molecule has 3 rings (SSSR count). The lowest BCUT2D eigenvalue weighted by atomic mass is 9.47. The summed E-state index contributed by atoms with van der Waals surface area (Å²) in [5.41, 5.74) is -4.88. The Kier molecular flexibility index (Phi) is 5.40. The van der Waals surface area contributed by atoms with Gasteiger partial charge in [0.05, 0.1) is 23.0 Å². The number of ether oxygens (including phenoxy) is 2. The Bertz CT molecular complexity index is 674. The first kappa shape index (κ1) is 22.5. The van der Waals surface area contributed by atoms with Gasteiger partial charge in [-0.2, -0.15) is 0 Å². The van der Waals surface area contributed by atoms with Crippen LogP contribution < -0.4 is 0 Å². The predicted molar refractivity (Wildman–Crippen MR) is 108 cm³/mol. The van der Waals surface area contributed by atoms with Crippen LogP contribution in [0.25, 0.3) is 0 Å². The fourth-order valence-electron chi connectivity index (χ4n) is 6.33. The summed E-state index contributed by atoms with van der Waals surface area (Å²) in [6, 6.07) is 0. The average molecular weight is 411 g/mol. The molecule has 0 aliphatic heterocycles. The zero-order chi connectivity index (χ0) is 21.9. The van der Waals surface area contributed by atoms with Crippen molar-refractivity contribution in [2.24, 2.45) is 17.3 Å². The van der Waals surface area contributed by atoms with Crippen LogP contribution in [0.15, 0.2) is 0 Å². The van der Waals surface area contributed by atoms with Crippen LogP contribution in [0.2, 0.25) is 0 Å². The molecule has 0 unspecified atom stereocenters. The lowest BCUT2D eigenvalue weighted by Gasteiger charge is -2.61. The van der Waals surface area contributed by atoms with Crippen LogP contribution in [0.3, 0.4) is 0 Å². The molecular formula is C23H38O6. The van der Waals surface area contributed by atoms with Gasteiger partial charge in [-0.3, -0.25) is 9.59 Å². The Morgan fingerprint density at radius 1 is 0.724 bits per heavy atom. The number of carbonyl (C=O) groups excluding carboxylic acids is 2. The van der Waals surface area contributed by atoms with Crippen molar-refractivity contribution in [2.45, 2.75) is 115 Å². The van der Waals surface area contributed by atoms with Crippen LogP contribution in [-0.4, -0.2) is 44.6 Å². The zero-order valence-corrected chi connectivity index (χ0v) is 18.8. The van der Waals surface area contributed by atoms with E-state index in [1.165, 1.54) is 0 Å². The van der Waals surface area contributed by atoms with Gasteiger partial charge in [0.25, 0.3) is 0 Å². The van der Waals surface area contributed by atoms with Gasteiger partial charge >= 0.3 is 11.9 Å². The quantitative estimate of drug-likeness (QED) is 0.677. The highest BCUT2D eigenvalue weighted by atomic mass is 16.6. The molecule has 5 atom stereocenters. The molecule has 0 saturated heterocycles. The van der Waals surface area contributed by atoms with Gasteiger partial charge in [-0.15, -0.1) is 0 Å². The SMILES string of the molecule is CC(C)(C)OC(=O)[C@H]1CCC[C@@]23CC[C@H](C(=O)OC(C)(C)C)[C@]2(O)CCC[C@@]13O. The van der Waals surface area contributed by atoms with Gasteiger partial charge in [0.15, 0.2) is 0 Å². The molecule has 2 N–H and O–H groups in total. The fraction of sp³-hybridized carbons (Fsp3) is 0.913. The summed E-state index contributed by atoms with van der Waals surface area (Å²) in [6.07, 6.45) is 4.31. The second-order valence-corrected chi connectivity index (χ2v) is 11.4. The van der Waals surface area contributed by atoms with Gasteiger partial charge in [0.2, 0.25) is 0 Å². The van der Waals surface area contributed by atoms with Gasteiger partial charge in [-0.25, -0.2) is 0 Å². The summed E-state index contributed by atoms with van der Waals surface area (Å²) in [5.74, 6) is -2.16. The number of carbonyl (C=O) groups is 2. The summed E-state index contributed by atoms with van der Waals surface area (Å²) < 4.78 is 11.3. The maximum absolute atomic E-state index is 13.0. The second kappa shape index (κ2) is 6.94. The van der Waals surface area contributed by atoms with E-state index in [1.54, 1.807) is 0 Å². The Balaban J connectivity index is 1.96. The van der Waals surface area contributed by atoms with Crippen molar-refractivity contribution >= 4 is 11.9 Å². The topological polar surface area (TPSA) is 93.1 Å². The van der Waals surface area contributed by atoms with Crippen LogP contribution in [0.5, 0.6) is 0 Å². The molecule has 0 radical (unpaired) electrons. The van der Waals surface area contributed by atoms with Crippen molar-refractivity contribution in [3.8, 4) is 0 Å². The summed E-state index contributed by atoms with van der Waals surface area (Å²) in [7, 11) is 0. The molecule has 0 bridgehead atoms. The van der Waals surface area contributed by atoms with E-state index >= 15 is 0 Å². The molecule has 0 aromatic carbocycles. The Labute approximate surface area is 174 Å². The first-order chi connectivity index (χ1) is 13.2. The molecule has 1 spiro atoms. The first-order valence-corrected chi connectivity index (χ1v) is 11.1. The molecular weight excluding hydrogens is 372 g/mol. The van der Waals surface area contributed by atoms with E-state index < -0.39 is 51.6 Å². The van der Waals surface area contributed by atoms with Crippen molar-refractivity contribution in [1.29, 1.82) is 0 Å². The lowest BCUT2D eigenvalue weighted by Crippen LogP contribution is -2.69. The molecule has 166 valence electrons. The maximum atomic E-state index is 13.0. The molecule has 6 heteroatoms. The minimum absolute atomic E-state index is 0.399. The standard InChI is InChI=1S/C23H38O6/c1-19(2,3)28-17(24)15-9-7-11-21-14-10-16(18(25)29-20(4,5)6)23(21,27)13-8-12-22(15,21)26/h15-16,26-27H,7-14H2,1-6H3/t15-,16-,21+,22-,23-/m1/s1. The predicted octanol–water partition coefficient (Wildman–Crippen LogP) is 3.51. The van der Waals surface area contributed by atoms with E-state index in [1.807, 2.05) is 41.5 Å². The van der Waals surface area contributed by atoms with Gasteiger partial charge in [0, 0.05) is 5.41 Å². The second-order valence-electron chi connectivity index (χ2n) is 11.4. The molecule has 3 aliphatic carbocycles. The molecule has 3 saturated carbocycles. The average Bonchev–Trinajstić information content (AvgIpc) is 2.82. The fourth-order valence-corrected chi connectivity index (χ4v) is 6.33. The van der Waals surface area contributed by atoms with Crippen molar-refractivity contribution < 1.29 is 29.3 Å². The first-order valence-electron chi connectivity index (χ1n) is 11.1. The zero-order valence-electron chi connectivity index (χ0n) is 18.8. The highest BCUT2D eigenvalue weighted by Gasteiger charge is 2.74. The summed E-state index contributed by atoms with van der Waals surface area (Å²) in [5, 5.41) is 23.9. The van der Waals surface area contributed by atoms with E-state index in [0.29, 0.717) is 44.9 Å². The van der Waals surface area contributed by atoms with Crippen molar-refractivity contribution in [1.82, 2.24) is 0 Å². The van der Waals surface area contributed by atoms with Crippen molar-refractivity contribution in [3.63, 3.8) is 0 Å². The number of hydrogen-bond donors (Lipinski definition) is 2. The molecule has 0 aromatic rings. The third kappa shape index (κ3) is 3.60. The minimum atomic E-state index is -1.36. The monoisotopic (exact) mass is 410 g/mol. The molecule has 0 amide bonds. The number of rotatable bonds is 2. The molecule has 0 aromatic heterocycles. The molecule has 6 nitrogen and oxygen atoms in total. The maximum Gasteiger partial charge on any atom is 0.312 e. The third-order valence-corrected chi connectivity index (χ3v) is 7.26. The van der Waals surface area contributed by atoms with Gasteiger partial charge in [0.1, 0.15) is 11.2 Å². The minimum Gasteiger partial charge on any atom is -0.460 e. The van der Waals surface area contributed by atoms with E-state index in [2.05, 4.69) is 0 Å². The van der Waals surface area contributed by atoms with Crippen LogP contribution in [0, 0.1) is 17.3 Å². The summed E-state index contributed by atoms with van der Waals surface area (Å²) >= 11 is 0. The van der Waals surface area contributed by atoms with Crippen molar-refractivity contribution in [2.75, 3.05) is 0 Å².